The number of carbonyl (C=O) groups excluding carboxylic acids is 2. The van der Waals surface area contributed by atoms with Crippen molar-refractivity contribution in [3.63, 3.8) is 0 Å². The second-order valence-electron chi connectivity index (χ2n) is 2.70. The number of carbonyl (C=O) groups is 2. The molecule has 0 aliphatic rings. The SMILES string of the molecule is CCCC(=O)O[PH](=O)OC(=O)CCC. The molecule has 0 aliphatic carbocycles. The Labute approximate surface area is 83.7 Å². The molecule has 0 saturated carbocycles. The summed E-state index contributed by atoms with van der Waals surface area (Å²) < 4.78 is 19.7. The Morgan fingerprint density at radius 1 is 1.00 bits per heavy atom. The molecule has 0 bridgehead atoms. The highest BCUT2D eigenvalue weighted by Crippen LogP contribution is 2.25. The first kappa shape index (κ1) is 13.2. The fourth-order valence-electron chi connectivity index (χ4n) is 0.717. The third kappa shape index (κ3) is 6.66. The monoisotopic (exact) mass is 222 g/mol. The fraction of sp³-hybridized carbons (Fsp3) is 0.750. The molecule has 0 radical (unpaired) electrons. The molecule has 0 heterocycles. The minimum atomic E-state index is -2.98. The maximum Gasteiger partial charge on any atom is 0.423 e. The molecule has 14 heavy (non-hydrogen) atoms. The van der Waals surface area contributed by atoms with Crippen LogP contribution >= 0.6 is 8.25 Å². The van der Waals surface area contributed by atoms with Gasteiger partial charge in [0.05, 0.1) is 0 Å². The van der Waals surface area contributed by atoms with Crippen molar-refractivity contribution in [2.75, 3.05) is 0 Å². The van der Waals surface area contributed by atoms with Crippen LogP contribution in [-0.2, 0) is 23.2 Å². The van der Waals surface area contributed by atoms with Gasteiger partial charge in [0.1, 0.15) is 0 Å². The average molecular weight is 222 g/mol. The van der Waals surface area contributed by atoms with E-state index in [9.17, 15) is 14.2 Å². The Morgan fingerprint density at radius 3 is 1.64 bits per heavy atom. The third-order valence-electron chi connectivity index (χ3n) is 1.30. The van der Waals surface area contributed by atoms with E-state index in [0.29, 0.717) is 12.8 Å². The molecule has 0 aromatic heterocycles. The van der Waals surface area contributed by atoms with Crippen LogP contribution in [0.1, 0.15) is 39.5 Å². The number of rotatable bonds is 6. The van der Waals surface area contributed by atoms with Crippen LogP contribution in [0.3, 0.4) is 0 Å². The van der Waals surface area contributed by atoms with Crippen LogP contribution in [0.4, 0.5) is 0 Å². The van der Waals surface area contributed by atoms with Crippen LogP contribution in [0.25, 0.3) is 0 Å². The molecule has 0 atom stereocenters. The second kappa shape index (κ2) is 7.56. The highest BCUT2D eigenvalue weighted by molar-refractivity contribution is 7.34. The highest BCUT2D eigenvalue weighted by atomic mass is 31.1. The van der Waals surface area contributed by atoms with Gasteiger partial charge in [-0.2, -0.15) is 0 Å². The summed E-state index contributed by atoms with van der Waals surface area (Å²) in [6.45, 7) is 3.59. The zero-order valence-electron chi connectivity index (χ0n) is 8.37. The van der Waals surface area contributed by atoms with Crippen LogP contribution in [-0.4, -0.2) is 11.9 Å². The van der Waals surface area contributed by atoms with Gasteiger partial charge in [-0.15, -0.1) is 0 Å². The van der Waals surface area contributed by atoms with Gasteiger partial charge in [-0.25, -0.2) is 4.57 Å². The smallest absolute Gasteiger partial charge is 0.385 e. The molecular weight excluding hydrogens is 207 g/mol. The van der Waals surface area contributed by atoms with Gasteiger partial charge in [0.2, 0.25) is 0 Å². The molecule has 0 spiro atoms. The molecule has 0 unspecified atom stereocenters. The van der Waals surface area contributed by atoms with E-state index in [1.165, 1.54) is 0 Å². The van der Waals surface area contributed by atoms with Crippen LogP contribution in [0.2, 0.25) is 0 Å². The number of hydrogen-bond donors (Lipinski definition) is 0. The van der Waals surface area contributed by atoms with E-state index < -0.39 is 20.2 Å². The van der Waals surface area contributed by atoms with Gasteiger partial charge in [0.15, 0.2) is 0 Å². The topological polar surface area (TPSA) is 69.7 Å². The molecule has 0 aromatic carbocycles. The Bertz CT molecular complexity index is 204. The molecule has 82 valence electrons. The van der Waals surface area contributed by atoms with Crippen molar-refractivity contribution in [3.05, 3.63) is 0 Å². The van der Waals surface area contributed by atoms with Crippen molar-refractivity contribution in [3.8, 4) is 0 Å². The van der Waals surface area contributed by atoms with Crippen molar-refractivity contribution < 1.29 is 23.2 Å². The summed E-state index contributed by atoms with van der Waals surface area (Å²) in [5.41, 5.74) is 0. The van der Waals surface area contributed by atoms with E-state index >= 15 is 0 Å². The molecule has 0 saturated heterocycles. The molecule has 5 nitrogen and oxygen atoms in total. The van der Waals surface area contributed by atoms with Gasteiger partial charge < -0.3 is 9.05 Å². The van der Waals surface area contributed by atoms with Gasteiger partial charge >= 0.3 is 20.2 Å². The lowest BCUT2D eigenvalue weighted by atomic mass is 10.4. The fourth-order valence-corrected chi connectivity index (χ4v) is 1.33. The first-order valence-electron chi connectivity index (χ1n) is 4.55. The lowest BCUT2D eigenvalue weighted by Gasteiger charge is -2.04. The zero-order valence-corrected chi connectivity index (χ0v) is 9.37. The lowest BCUT2D eigenvalue weighted by molar-refractivity contribution is -0.137. The molecule has 0 aromatic rings. The van der Waals surface area contributed by atoms with Crippen molar-refractivity contribution in [1.29, 1.82) is 0 Å². The molecule has 0 amide bonds. The van der Waals surface area contributed by atoms with E-state index in [0.717, 1.165) is 0 Å². The normalized spacial score (nSPS) is 9.93. The average Bonchev–Trinajstić information content (AvgIpc) is 2.03. The summed E-state index contributed by atoms with van der Waals surface area (Å²) in [5, 5.41) is 0. The van der Waals surface area contributed by atoms with E-state index in [1.54, 1.807) is 13.8 Å². The molecule has 0 aliphatic heterocycles. The zero-order chi connectivity index (χ0) is 11.0. The first-order valence-corrected chi connectivity index (χ1v) is 5.77. The molecular formula is C8H15O5P. The van der Waals surface area contributed by atoms with Gasteiger partial charge in [-0.05, 0) is 12.8 Å². The molecule has 0 N–H and O–H groups in total. The summed E-state index contributed by atoms with van der Waals surface area (Å²) in [6.07, 6.45) is 1.58. The van der Waals surface area contributed by atoms with Crippen molar-refractivity contribution >= 4 is 20.2 Å². The summed E-state index contributed by atoms with van der Waals surface area (Å²) in [5.74, 6) is -1.19. The van der Waals surface area contributed by atoms with Crippen LogP contribution in [0.15, 0.2) is 0 Å². The molecule has 0 fully saturated rings. The minimum absolute atomic E-state index is 0.182. The largest absolute Gasteiger partial charge is 0.423 e. The lowest BCUT2D eigenvalue weighted by Crippen LogP contribution is -2.02. The summed E-state index contributed by atoms with van der Waals surface area (Å²) >= 11 is 0. The second-order valence-corrected chi connectivity index (χ2v) is 3.61. The Morgan fingerprint density at radius 2 is 1.36 bits per heavy atom. The quantitative estimate of drug-likeness (QED) is 0.643. The summed E-state index contributed by atoms with van der Waals surface area (Å²) in [6, 6.07) is 0. The van der Waals surface area contributed by atoms with E-state index in [-0.39, 0.29) is 12.8 Å². The first-order chi connectivity index (χ1) is 6.60. The third-order valence-corrected chi connectivity index (χ3v) is 2.09. The standard InChI is InChI=1S/C8H15O5P/c1-3-5-7(9)12-14(11)13-8(10)6-4-2/h14H,3-6H2,1-2H3. The van der Waals surface area contributed by atoms with Crippen molar-refractivity contribution in [1.82, 2.24) is 0 Å². The maximum atomic E-state index is 10.9. The Hall–Kier alpha value is -0.830. The van der Waals surface area contributed by atoms with E-state index in [1.807, 2.05) is 0 Å². The highest BCUT2D eigenvalue weighted by Gasteiger charge is 2.11. The predicted molar refractivity (Wildman–Crippen MR) is 51.0 cm³/mol. The van der Waals surface area contributed by atoms with Crippen LogP contribution in [0.5, 0.6) is 0 Å². The van der Waals surface area contributed by atoms with E-state index in [2.05, 4.69) is 9.05 Å². The summed E-state index contributed by atoms with van der Waals surface area (Å²) in [4.78, 5) is 21.6. The Kier molecular flexibility index (Phi) is 7.11. The predicted octanol–water partition coefficient (Wildman–Crippen LogP) is 2.06. The van der Waals surface area contributed by atoms with Gasteiger partial charge in [0, 0.05) is 12.8 Å². The van der Waals surface area contributed by atoms with Crippen molar-refractivity contribution in [2.24, 2.45) is 0 Å². The Balaban J connectivity index is 3.75. The van der Waals surface area contributed by atoms with Crippen LogP contribution in [0, 0.1) is 0 Å². The van der Waals surface area contributed by atoms with Crippen molar-refractivity contribution in [2.45, 2.75) is 39.5 Å². The molecule has 6 heteroatoms. The van der Waals surface area contributed by atoms with Crippen LogP contribution < -0.4 is 0 Å². The number of hydrogen-bond acceptors (Lipinski definition) is 5. The van der Waals surface area contributed by atoms with Gasteiger partial charge in [-0.1, -0.05) is 13.8 Å². The minimum Gasteiger partial charge on any atom is -0.385 e. The van der Waals surface area contributed by atoms with E-state index in [4.69, 9.17) is 0 Å². The maximum absolute atomic E-state index is 10.9. The van der Waals surface area contributed by atoms with Gasteiger partial charge in [-0.3, -0.25) is 9.59 Å². The molecule has 0 rings (SSSR count). The summed E-state index contributed by atoms with van der Waals surface area (Å²) in [7, 11) is -2.98. The van der Waals surface area contributed by atoms with Gasteiger partial charge in [0.25, 0.3) is 0 Å².